The summed E-state index contributed by atoms with van der Waals surface area (Å²) in [5.41, 5.74) is 10.9. The smallest absolute Gasteiger partial charge is 0.457 e. The van der Waals surface area contributed by atoms with Gasteiger partial charge < -0.3 is 96.0 Å². The Bertz CT molecular complexity index is 2580. The second-order valence-electron chi connectivity index (χ2n) is 29.1. The van der Waals surface area contributed by atoms with Crippen molar-refractivity contribution >= 4 is 54.8 Å². The van der Waals surface area contributed by atoms with Crippen molar-refractivity contribution in [3.8, 4) is 0 Å². The Labute approximate surface area is 642 Å². The average molecular weight is 1640 g/mol. The lowest BCUT2D eigenvalue weighted by atomic mass is 9.95. The number of carbonyl (C=O) groups is 4. The van der Waals surface area contributed by atoms with E-state index in [9.17, 15) is 87.7 Å². The van der Waals surface area contributed by atoms with Crippen molar-refractivity contribution in [1.29, 1.82) is 0 Å². The summed E-state index contributed by atoms with van der Waals surface area (Å²) < 4.78 is 109. The fourth-order valence-electron chi connectivity index (χ4n) is 13.1. The number of phosphoric acid groups is 3. The molecule has 2 heterocycles. The molecule has 2 rings (SSSR count). The number of phosphoric ester groups is 3. The van der Waals surface area contributed by atoms with Crippen molar-refractivity contribution < 1.29 is 134 Å². The molecule has 2 aliphatic rings. The molecule has 2 aliphatic heterocycles. The zero-order valence-corrected chi connectivity index (χ0v) is 68.8. The highest BCUT2D eigenvalue weighted by atomic mass is 31.3. The largest absolute Gasteiger partial charge is 0.481 e. The third kappa shape index (κ3) is 47.8. The van der Waals surface area contributed by atoms with Crippen LogP contribution in [0.5, 0.6) is 0 Å². The number of unbranched alkanes of at least 4 members (excludes halogenated alkanes) is 32. The van der Waals surface area contributed by atoms with Crippen molar-refractivity contribution in [2.75, 3.05) is 39.1 Å². The molecule has 0 radical (unpaired) electrons. The topological polar surface area (TPSA) is 507 Å². The summed E-state index contributed by atoms with van der Waals surface area (Å²) >= 11 is 0. The number of hydrogen-bond donors (Lipinski definition) is 14. The Morgan fingerprint density at radius 1 is 0.426 bits per heavy atom. The first kappa shape index (κ1) is 102. The van der Waals surface area contributed by atoms with E-state index in [1.807, 2.05) is 0 Å². The molecule has 36 heteroatoms. The lowest BCUT2D eigenvalue weighted by Crippen LogP contribution is -2.68. The van der Waals surface area contributed by atoms with E-state index in [0.29, 0.717) is 32.1 Å². The number of esters is 2. The first-order chi connectivity index (χ1) is 51.5. The number of carbonyl (C=O) groups excluding carboxylic acids is 4. The van der Waals surface area contributed by atoms with Gasteiger partial charge in [-0.2, -0.15) is 4.31 Å². The van der Waals surface area contributed by atoms with Crippen LogP contribution in [0.4, 0.5) is 0 Å². The Kier molecular flexibility index (Phi) is 56.4. The van der Waals surface area contributed by atoms with Crippen LogP contribution >= 0.6 is 31.1 Å². The Morgan fingerprint density at radius 2 is 0.769 bits per heavy atom. The monoisotopic (exact) mass is 1630 g/mol. The van der Waals surface area contributed by atoms with Crippen LogP contribution in [0.3, 0.4) is 0 Å². The van der Waals surface area contributed by atoms with Crippen molar-refractivity contribution in [1.82, 2.24) is 10.6 Å². The van der Waals surface area contributed by atoms with Gasteiger partial charge in [-0.1, -0.05) is 259 Å². The highest BCUT2D eigenvalue weighted by molar-refractivity contribution is 7.64. The molecule has 2 saturated heterocycles. The number of hydrogen-bond acceptors (Lipinski definition) is 26. The maximum absolute atomic E-state index is 14.4. The molecule has 32 nitrogen and oxygen atoms in total. The molecule has 0 aromatic carbocycles. The van der Waals surface area contributed by atoms with Crippen molar-refractivity contribution in [2.45, 2.75) is 396 Å². The lowest BCUT2D eigenvalue weighted by molar-refractivity contribution is -0.296. The van der Waals surface area contributed by atoms with E-state index in [2.05, 4.69) is 47.2 Å². The Hall–Kier alpha value is -2.00. The van der Waals surface area contributed by atoms with Crippen LogP contribution in [-0.4, -0.2) is 199 Å². The van der Waals surface area contributed by atoms with Crippen molar-refractivity contribution in [3.05, 3.63) is 0 Å². The third-order valence-corrected chi connectivity index (χ3v) is 24.9. The third-order valence-electron chi connectivity index (χ3n) is 19.0. The molecule has 2 amide bonds. The fraction of sp³-hybridized carbons (Fsp3) is 0.944. The van der Waals surface area contributed by atoms with Gasteiger partial charge in [0.1, 0.15) is 36.5 Å². The maximum atomic E-state index is 14.4. The van der Waals surface area contributed by atoms with Gasteiger partial charge in [-0.25, -0.2) is 18.0 Å². The zero-order valence-electron chi connectivity index (χ0n) is 65.2. The van der Waals surface area contributed by atoms with E-state index < -0.39 is 199 Å². The van der Waals surface area contributed by atoms with Crippen LogP contribution in [0.25, 0.3) is 0 Å². The minimum Gasteiger partial charge on any atom is -0.457 e. The average Bonchev–Trinajstić information content (AvgIpc) is 0.778. The summed E-state index contributed by atoms with van der Waals surface area (Å²) in [7, 11) is -22.5. The van der Waals surface area contributed by atoms with Crippen LogP contribution in [0.15, 0.2) is 0 Å². The standard InChI is InChI=1S/C72H142N4O28P4/c1-5-9-13-17-21-25-29-33-37-41-55(78)49-61(82)75-65-69(99-63(84)51-57(80)43-39-35-31-27-23-19-15-11-7-3)67(86)60(98-72(65)102-108(93,94)103-105(87,88)48-46-74)54-95-71-66(76-62(83)50-56(79)42-38-34-30-26-22-18-14-10-6-2)70(100-64(85)52-58(81)44-40-36-32-28-24-20-16-12-8-4)68(59(53-77)97-71)101-107(91,92)104-106(89,90)96-47-45-73/h55-60,65-72,77-81,86H,5-54,73-74H2,1-4H3,(H,75,82)(H,76,83)(H,87,88)(H,89,90)(H,91,92)(H,93,94)/t55-,56-,57-,58-,59-,60?,65?,66?,67-,68-,69?,70?,71-,72-/m1/s1. The highest BCUT2D eigenvalue weighted by Gasteiger charge is 2.56. The Morgan fingerprint density at radius 3 is 1.14 bits per heavy atom. The van der Waals surface area contributed by atoms with Gasteiger partial charge in [0, 0.05) is 13.1 Å². The van der Waals surface area contributed by atoms with E-state index >= 15 is 0 Å². The highest BCUT2D eigenvalue weighted by Crippen LogP contribution is 2.62. The number of nitrogens with two attached hydrogens (primary N) is 2. The SMILES string of the molecule is CCCCCCCCCCC[C@@H](O)CC(=O)NC1C(OC(=O)C[C@H](O)CCCCCCCCCCC)[C@H](O)C(CO[C@@H]2O[C@H](CO)[C@@H](OP(=O)(O)OP(=O)(O)OCCN)C(OC(=O)C[C@H](O)CCCCCCCCCCC)C2NC(=O)C[C@H](O)CCCCCCCCCCC)O[C@@H]1OP(=O)(O)OP(=O)(O)CCN. The summed E-state index contributed by atoms with van der Waals surface area (Å²) in [6.07, 6.45) is 8.44. The van der Waals surface area contributed by atoms with Gasteiger partial charge in [-0.05, 0) is 25.7 Å². The van der Waals surface area contributed by atoms with Gasteiger partial charge in [0.2, 0.25) is 11.8 Å². The fourth-order valence-corrected chi connectivity index (χ4v) is 17.9. The summed E-state index contributed by atoms with van der Waals surface area (Å²) in [6.45, 7) is 4.60. The quantitative estimate of drug-likeness (QED) is 0.0153. The molecule has 2 fully saturated rings. The van der Waals surface area contributed by atoms with Crippen LogP contribution in [-0.2, 0) is 83.3 Å². The first-order valence-electron chi connectivity index (χ1n) is 40.5. The summed E-state index contributed by atoms with van der Waals surface area (Å²) in [4.78, 5) is 100. The van der Waals surface area contributed by atoms with Crippen molar-refractivity contribution in [3.63, 3.8) is 0 Å². The van der Waals surface area contributed by atoms with Crippen LogP contribution in [0.1, 0.15) is 310 Å². The number of aliphatic hydroxyl groups excluding tert-OH is 6. The molecule has 0 bridgehead atoms. The summed E-state index contributed by atoms with van der Waals surface area (Å²) in [6, 6.07) is -4.13. The molecule has 0 aliphatic carbocycles. The van der Waals surface area contributed by atoms with E-state index in [1.54, 1.807) is 0 Å². The number of amides is 2. The molecule has 0 spiro atoms. The summed E-state index contributed by atoms with van der Waals surface area (Å²) in [5, 5.41) is 73.4. The van der Waals surface area contributed by atoms with E-state index in [1.165, 1.54) is 0 Å². The van der Waals surface area contributed by atoms with Gasteiger partial charge in [-0.15, -0.1) is 0 Å². The molecule has 18 atom stereocenters. The minimum absolute atomic E-state index is 0.107. The normalized spacial score (nSPS) is 23.8. The van der Waals surface area contributed by atoms with E-state index in [-0.39, 0.29) is 32.2 Å². The van der Waals surface area contributed by atoms with Gasteiger partial charge in [0.05, 0.1) is 76.1 Å². The number of ether oxygens (including phenoxy) is 5. The molecule has 108 heavy (non-hydrogen) atoms. The van der Waals surface area contributed by atoms with E-state index in [0.717, 1.165) is 199 Å². The maximum Gasteiger partial charge on any atom is 0.481 e. The van der Waals surface area contributed by atoms with Gasteiger partial charge in [0.15, 0.2) is 24.8 Å². The number of rotatable bonds is 69. The van der Waals surface area contributed by atoms with Crippen LogP contribution in [0.2, 0.25) is 0 Å². The molecule has 0 saturated carbocycles. The van der Waals surface area contributed by atoms with Gasteiger partial charge in [-0.3, -0.25) is 37.3 Å². The van der Waals surface area contributed by atoms with E-state index in [4.69, 9.17) is 48.5 Å². The molecule has 16 N–H and O–H groups in total. The lowest BCUT2D eigenvalue weighted by Gasteiger charge is -2.47. The molecule has 0 aromatic rings. The molecule has 0 aromatic heterocycles. The molecule has 638 valence electrons. The number of nitrogens with one attached hydrogen (secondary N) is 2. The molecular formula is C72H142N4O28P4. The minimum atomic E-state index is -5.98. The summed E-state index contributed by atoms with van der Waals surface area (Å²) in [5.74, 6) is -4.44. The predicted octanol–water partition coefficient (Wildman–Crippen LogP) is 11.1. The van der Waals surface area contributed by atoms with Crippen LogP contribution in [0, 0.1) is 0 Å². The molecule has 9 unspecified atom stereocenters. The first-order valence-corrected chi connectivity index (χ1v) is 46.8. The predicted molar refractivity (Wildman–Crippen MR) is 406 cm³/mol. The second-order valence-corrected chi connectivity index (χ2v) is 35.6. The van der Waals surface area contributed by atoms with Crippen LogP contribution < -0.4 is 22.1 Å². The molecular weight excluding hydrogens is 1490 g/mol. The Balaban J connectivity index is 2.83. The van der Waals surface area contributed by atoms with Gasteiger partial charge >= 0.3 is 43.0 Å². The number of aliphatic hydroxyl groups is 6. The zero-order chi connectivity index (χ0) is 80.2. The van der Waals surface area contributed by atoms with Gasteiger partial charge in [0.25, 0.3) is 0 Å². The van der Waals surface area contributed by atoms with Crippen molar-refractivity contribution in [2.24, 2.45) is 11.5 Å². The second kappa shape index (κ2) is 59.6.